The van der Waals surface area contributed by atoms with Gasteiger partial charge in [0.05, 0.1) is 6.10 Å². The summed E-state index contributed by atoms with van der Waals surface area (Å²) in [6, 6.07) is 0. The van der Waals surface area contributed by atoms with Crippen LogP contribution in [-0.4, -0.2) is 12.7 Å². The Morgan fingerprint density at radius 1 is 1.00 bits per heavy atom. The Hall–Kier alpha value is -0.300. The molecule has 0 bridgehead atoms. The van der Waals surface area contributed by atoms with Gasteiger partial charge in [0.2, 0.25) is 0 Å². The van der Waals surface area contributed by atoms with Crippen molar-refractivity contribution in [3.05, 3.63) is 13.2 Å². The molecule has 1 nitrogen and oxygen atoms in total. The van der Waals surface area contributed by atoms with Gasteiger partial charge in [-0.05, 0) is 25.7 Å². The molecule has 0 radical (unpaired) electrons. The van der Waals surface area contributed by atoms with Gasteiger partial charge in [-0.25, -0.2) is 0 Å². The second-order valence-corrected chi connectivity index (χ2v) is 2.81. The molecule has 0 amide bonds. The second-order valence-electron chi connectivity index (χ2n) is 2.81. The van der Waals surface area contributed by atoms with E-state index < -0.39 is 0 Å². The van der Waals surface area contributed by atoms with Gasteiger partial charge in [-0.15, -0.1) is 13.2 Å². The fourth-order valence-electron chi connectivity index (χ4n) is 1.22. The summed E-state index contributed by atoms with van der Waals surface area (Å²) in [5.74, 6) is 0.888. The summed E-state index contributed by atoms with van der Waals surface area (Å²) in [6.07, 6.45) is 3.02. The molecule has 0 aromatic rings. The van der Waals surface area contributed by atoms with Gasteiger partial charge in [-0.3, -0.25) is 0 Å². The smallest absolute Gasteiger partial charge is 0.0549 e. The zero-order valence-electron chi connectivity index (χ0n) is 11.1. The molecule has 1 fully saturated rings. The topological polar surface area (TPSA) is 9.23 Å². The molecule has 2 unspecified atom stereocenters. The minimum absolute atomic E-state index is 0.513. The van der Waals surface area contributed by atoms with Crippen molar-refractivity contribution in [2.24, 2.45) is 5.92 Å². The first kappa shape index (κ1) is 19.3. The zero-order chi connectivity index (χ0) is 12.0. The Kier molecular flexibility index (Phi) is 25.5. The Balaban J connectivity index is -0.000000174. The average Bonchev–Trinajstić information content (AvgIpc) is 2.26. The van der Waals surface area contributed by atoms with Crippen molar-refractivity contribution in [3.8, 4) is 0 Å². The van der Waals surface area contributed by atoms with Crippen LogP contribution in [-0.2, 0) is 4.74 Å². The van der Waals surface area contributed by atoms with E-state index in [-0.39, 0.29) is 0 Å². The molecule has 0 saturated carbocycles. The Bertz CT molecular complexity index is 73.3. The highest BCUT2D eigenvalue weighted by atomic mass is 16.5. The van der Waals surface area contributed by atoms with Crippen LogP contribution >= 0.6 is 0 Å². The third kappa shape index (κ3) is 14.2. The normalized spacial score (nSPS) is 23.9. The third-order valence-electron chi connectivity index (χ3n) is 1.75. The van der Waals surface area contributed by atoms with Crippen LogP contribution in [0.25, 0.3) is 0 Å². The first-order valence-corrected chi connectivity index (χ1v) is 5.90. The second kappa shape index (κ2) is 18.5. The highest BCUT2D eigenvalue weighted by molar-refractivity contribution is 4.63. The van der Waals surface area contributed by atoms with E-state index in [4.69, 9.17) is 4.74 Å². The summed E-state index contributed by atoms with van der Waals surface area (Å²) in [6.45, 7) is 19.4. The van der Waals surface area contributed by atoms with Crippen LogP contribution in [0.4, 0.5) is 0 Å². The van der Waals surface area contributed by atoms with E-state index in [0.29, 0.717) is 6.10 Å². The molecule has 0 N–H and O–H groups in total. The van der Waals surface area contributed by atoms with E-state index in [1.165, 1.54) is 12.8 Å². The van der Waals surface area contributed by atoms with Crippen LogP contribution in [0.1, 0.15) is 54.4 Å². The van der Waals surface area contributed by atoms with Gasteiger partial charge in [-0.2, -0.15) is 0 Å². The van der Waals surface area contributed by atoms with Gasteiger partial charge < -0.3 is 4.74 Å². The predicted molar refractivity (Wildman–Crippen MR) is 67.8 cm³/mol. The summed E-state index contributed by atoms with van der Waals surface area (Å²) in [4.78, 5) is 0. The molecule has 0 aromatic heterocycles. The van der Waals surface area contributed by atoms with Crippen molar-refractivity contribution in [1.29, 1.82) is 0 Å². The lowest BCUT2D eigenvalue weighted by Gasteiger charge is -2.23. The molecule has 1 rings (SSSR count). The van der Waals surface area contributed by atoms with E-state index in [1.54, 1.807) is 0 Å². The van der Waals surface area contributed by atoms with Crippen molar-refractivity contribution in [1.82, 2.24) is 0 Å². The molecular formula is C13H30O. The standard InChI is InChI=1S/C7H14O.2C2H6.C2H4/c1-6-3-4-8-7(2)5-6;3*1-2/h6-7H,3-5H2,1-2H3;2*1-2H3;1-2H2. The SMILES string of the molecule is C=C.CC.CC.CC1CCOC(C)C1. The fraction of sp³-hybridized carbons (Fsp3) is 0.846. The molecule has 1 heteroatoms. The van der Waals surface area contributed by atoms with Gasteiger partial charge in [0.1, 0.15) is 0 Å². The summed E-state index contributed by atoms with van der Waals surface area (Å²) < 4.78 is 5.35. The Morgan fingerprint density at radius 3 is 1.64 bits per heavy atom. The quantitative estimate of drug-likeness (QED) is 0.518. The highest BCUT2D eigenvalue weighted by Gasteiger charge is 2.13. The first-order valence-electron chi connectivity index (χ1n) is 5.90. The molecule has 0 aliphatic carbocycles. The minimum Gasteiger partial charge on any atom is -0.378 e. The molecule has 1 saturated heterocycles. The number of hydrogen-bond donors (Lipinski definition) is 0. The molecular weight excluding hydrogens is 172 g/mol. The lowest BCUT2D eigenvalue weighted by atomic mass is 9.99. The minimum atomic E-state index is 0.513. The van der Waals surface area contributed by atoms with E-state index in [1.807, 2.05) is 27.7 Å². The van der Waals surface area contributed by atoms with E-state index in [9.17, 15) is 0 Å². The summed E-state index contributed by atoms with van der Waals surface area (Å²) >= 11 is 0. The van der Waals surface area contributed by atoms with Crippen LogP contribution in [0.2, 0.25) is 0 Å². The number of ether oxygens (including phenoxy) is 1. The molecule has 2 atom stereocenters. The van der Waals surface area contributed by atoms with Gasteiger partial charge in [0.15, 0.2) is 0 Å². The summed E-state index contributed by atoms with van der Waals surface area (Å²) in [5, 5.41) is 0. The van der Waals surface area contributed by atoms with Crippen LogP contribution in [0.15, 0.2) is 13.2 Å². The summed E-state index contributed by atoms with van der Waals surface area (Å²) in [5.41, 5.74) is 0. The highest BCUT2D eigenvalue weighted by Crippen LogP contribution is 2.18. The lowest BCUT2D eigenvalue weighted by molar-refractivity contribution is 0.00682. The number of rotatable bonds is 0. The van der Waals surface area contributed by atoms with Gasteiger partial charge >= 0.3 is 0 Å². The predicted octanol–water partition coefficient (Wildman–Crippen LogP) is 4.68. The molecule has 0 spiro atoms. The maximum atomic E-state index is 5.35. The van der Waals surface area contributed by atoms with Crippen molar-refractivity contribution in [3.63, 3.8) is 0 Å². The average molecular weight is 202 g/mol. The monoisotopic (exact) mass is 202 g/mol. The van der Waals surface area contributed by atoms with Gasteiger partial charge in [-0.1, -0.05) is 34.6 Å². The van der Waals surface area contributed by atoms with Crippen LogP contribution in [0.3, 0.4) is 0 Å². The molecule has 88 valence electrons. The van der Waals surface area contributed by atoms with Crippen LogP contribution in [0.5, 0.6) is 0 Å². The van der Waals surface area contributed by atoms with Crippen molar-refractivity contribution in [2.75, 3.05) is 6.61 Å². The molecule has 1 aliphatic heterocycles. The Labute approximate surface area is 91.6 Å². The maximum absolute atomic E-state index is 5.35. The Morgan fingerprint density at radius 2 is 1.43 bits per heavy atom. The summed E-state index contributed by atoms with van der Waals surface area (Å²) in [7, 11) is 0. The molecule has 1 aliphatic rings. The molecule has 0 aromatic carbocycles. The van der Waals surface area contributed by atoms with Crippen LogP contribution < -0.4 is 0 Å². The third-order valence-corrected chi connectivity index (χ3v) is 1.75. The van der Waals surface area contributed by atoms with Crippen molar-refractivity contribution in [2.45, 2.75) is 60.5 Å². The zero-order valence-corrected chi connectivity index (χ0v) is 11.1. The van der Waals surface area contributed by atoms with E-state index in [0.717, 1.165) is 12.5 Å². The van der Waals surface area contributed by atoms with E-state index >= 15 is 0 Å². The van der Waals surface area contributed by atoms with Crippen LogP contribution in [0, 0.1) is 5.92 Å². The largest absolute Gasteiger partial charge is 0.378 e. The molecule has 1 heterocycles. The number of hydrogen-bond acceptors (Lipinski definition) is 1. The lowest BCUT2D eigenvalue weighted by Crippen LogP contribution is -2.20. The van der Waals surface area contributed by atoms with Gasteiger partial charge in [0, 0.05) is 6.61 Å². The van der Waals surface area contributed by atoms with E-state index in [2.05, 4.69) is 27.0 Å². The fourth-order valence-corrected chi connectivity index (χ4v) is 1.22. The van der Waals surface area contributed by atoms with Crippen molar-refractivity contribution >= 4 is 0 Å². The maximum Gasteiger partial charge on any atom is 0.0549 e. The first-order chi connectivity index (χ1) is 6.79. The molecule has 14 heavy (non-hydrogen) atoms. The van der Waals surface area contributed by atoms with Gasteiger partial charge in [0.25, 0.3) is 0 Å². The van der Waals surface area contributed by atoms with Crippen molar-refractivity contribution < 1.29 is 4.74 Å².